The lowest BCUT2D eigenvalue weighted by Gasteiger charge is -2.41. The minimum absolute atomic E-state index is 0.0275. The second-order valence-electron chi connectivity index (χ2n) is 11.1. The van der Waals surface area contributed by atoms with Crippen LogP contribution >= 0.6 is 11.6 Å². The lowest BCUT2D eigenvalue weighted by atomic mass is 9.92. The molecule has 212 valence electrons. The number of hydrogen-bond acceptors (Lipinski definition) is 8. The summed E-state index contributed by atoms with van der Waals surface area (Å²) in [5.74, 6) is 1.64. The van der Waals surface area contributed by atoms with Crippen molar-refractivity contribution >= 4 is 23.5 Å². The Bertz CT molecular complexity index is 1100. The predicted octanol–water partition coefficient (Wildman–Crippen LogP) is 2.38. The van der Waals surface area contributed by atoms with Crippen molar-refractivity contribution in [1.82, 2.24) is 19.8 Å². The number of piperidine rings is 1. The number of aliphatic hydroxyl groups is 2. The highest BCUT2D eigenvalue weighted by Crippen LogP contribution is 2.26. The quantitative estimate of drug-likeness (QED) is 0.426. The van der Waals surface area contributed by atoms with E-state index < -0.39 is 18.0 Å². The second-order valence-corrected chi connectivity index (χ2v) is 11.5. The fourth-order valence-corrected chi connectivity index (χ4v) is 5.84. The van der Waals surface area contributed by atoms with Crippen molar-refractivity contribution in [3.63, 3.8) is 0 Å². The number of carbonyl (C=O) groups is 1. The zero-order valence-electron chi connectivity index (χ0n) is 22.1. The molecule has 1 amide bonds. The van der Waals surface area contributed by atoms with Gasteiger partial charge in [-0.15, -0.1) is 0 Å². The summed E-state index contributed by atoms with van der Waals surface area (Å²) in [5, 5.41) is 19.9. The average Bonchev–Trinajstić information content (AvgIpc) is 3.22. The number of nitrogens with zero attached hydrogens (tertiary/aromatic N) is 5. The zero-order valence-corrected chi connectivity index (χ0v) is 22.8. The molecule has 11 heteroatoms. The number of hydrogen-bond donors (Lipinski definition) is 2. The summed E-state index contributed by atoms with van der Waals surface area (Å²) in [5.41, 5.74) is 0.373. The molecule has 0 radical (unpaired) electrons. The van der Waals surface area contributed by atoms with Gasteiger partial charge in [0.05, 0.1) is 42.7 Å². The topological polar surface area (TPSA) is 102 Å². The predicted molar refractivity (Wildman–Crippen MR) is 145 cm³/mol. The van der Waals surface area contributed by atoms with E-state index in [-0.39, 0.29) is 12.3 Å². The van der Waals surface area contributed by atoms with E-state index in [1.165, 1.54) is 6.07 Å². The standard InChI is InChI=1S/C28H37ClFN5O4/c29-22-12-31-28(32-13-22)34-7-5-19(6-8-34)2-1-9-39-23-4-3-21(24(30)11-23)10-27(38)35-15-20(16-35)14-33-17-25(36)26(37)18-33/h3-4,11-13,19-20,25-26,36-37H,1-2,5-10,14-18H2/t25-,26?/m1/s1. The Balaban J connectivity index is 0.971. The molecule has 2 atom stereocenters. The monoisotopic (exact) mass is 561 g/mol. The molecule has 3 aliphatic heterocycles. The highest BCUT2D eigenvalue weighted by atomic mass is 35.5. The smallest absolute Gasteiger partial charge is 0.227 e. The Morgan fingerprint density at radius 2 is 1.74 bits per heavy atom. The van der Waals surface area contributed by atoms with Crippen LogP contribution in [0.3, 0.4) is 0 Å². The number of aliphatic hydroxyl groups excluding tert-OH is 2. The molecule has 0 spiro atoms. The van der Waals surface area contributed by atoms with E-state index in [9.17, 15) is 19.4 Å². The first-order chi connectivity index (χ1) is 18.8. The Kier molecular flexibility index (Phi) is 9.17. The van der Waals surface area contributed by atoms with Crippen LogP contribution in [-0.4, -0.2) is 101 Å². The maximum atomic E-state index is 14.7. The molecule has 2 aromatic rings. The summed E-state index contributed by atoms with van der Waals surface area (Å²) < 4.78 is 20.5. The fraction of sp³-hybridized carbons (Fsp3) is 0.607. The first-order valence-electron chi connectivity index (χ1n) is 13.8. The van der Waals surface area contributed by atoms with Crippen LogP contribution in [0.4, 0.5) is 10.3 Å². The third-order valence-corrected chi connectivity index (χ3v) is 8.25. The molecule has 1 aromatic heterocycles. The summed E-state index contributed by atoms with van der Waals surface area (Å²) in [6, 6.07) is 4.75. The van der Waals surface area contributed by atoms with Gasteiger partial charge in [-0.2, -0.15) is 0 Å². The molecular weight excluding hydrogens is 525 g/mol. The summed E-state index contributed by atoms with van der Waals surface area (Å²) in [6.07, 6.45) is 5.99. The highest BCUT2D eigenvalue weighted by Gasteiger charge is 2.36. The number of ether oxygens (including phenoxy) is 1. The van der Waals surface area contributed by atoms with Gasteiger partial charge in [0.15, 0.2) is 0 Å². The molecule has 3 fully saturated rings. The number of anilines is 1. The van der Waals surface area contributed by atoms with Gasteiger partial charge in [0.25, 0.3) is 0 Å². The lowest BCUT2D eigenvalue weighted by molar-refractivity contribution is -0.137. The molecule has 5 rings (SSSR count). The molecule has 1 unspecified atom stereocenters. The molecule has 4 heterocycles. The normalized spacial score (nSPS) is 22.8. The summed E-state index contributed by atoms with van der Waals surface area (Å²) in [6.45, 7) is 5.29. The van der Waals surface area contributed by atoms with Crippen LogP contribution < -0.4 is 9.64 Å². The Labute approximate surface area is 233 Å². The van der Waals surface area contributed by atoms with Crippen LogP contribution in [0, 0.1) is 17.7 Å². The van der Waals surface area contributed by atoms with Crippen molar-refractivity contribution < 1.29 is 24.1 Å². The van der Waals surface area contributed by atoms with Crippen molar-refractivity contribution in [2.24, 2.45) is 11.8 Å². The number of benzene rings is 1. The van der Waals surface area contributed by atoms with Gasteiger partial charge in [-0.25, -0.2) is 14.4 Å². The molecule has 2 N–H and O–H groups in total. The van der Waals surface area contributed by atoms with Gasteiger partial charge >= 0.3 is 0 Å². The second kappa shape index (κ2) is 12.8. The van der Waals surface area contributed by atoms with E-state index in [1.54, 1.807) is 29.4 Å². The van der Waals surface area contributed by atoms with E-state index in [0.29, 0.717) is 61.0 Å². The highest BCUT2D eigenvalue weighted by molar-refractivity contribution is 6.30. The van der Waals surface area contributed by atoms with Gasteiger partial charge in [0, 0.05) is 57.8 Å². The van der Waals surface area contributed by atoms with E-state index in [1.807, 2.05) is 4.90 Å². The Hall–Kier alpha value is -2.53. The largest absolute Gasteiger partial charge is 0.493 e. The first kappa shape index (κ1) is 28.0. The van der Waals surface area contributed by atoms with E-state index in [0.717, 1.165) is 51.3 Å². The number of carbonyl (C=O) groups excluding carboxylic acids is 1. The fourth-order valence-electron chi connectivity index (χ4n) is 5.74. The SMILES string of the molecule is O=C(Cc1ccc(OCCCC2CCN(c3ncc(Cl)cn3)CC2)cc1F)N1CC(CN2CC(O)[C@H](O)C2)C1. The van der Waals surface area contributed by atoms with E-state index in [4.69, 9.17) is 16.3 Å². The molecule has 9 nitrogen and oxygen atoms in total. The van der Waals surface area contributed by atoms with Gasteiger partial charge in [0.2, 0.25) is 11.9 Å². The maximum Gasteiger partial charge on any atom is 0.227 e. The Morgan fingerprint density at radius 3 is 2.41 bits per heavy atom. The maximum absolute atomic E-state index is 14.7. The van der Waals surface area contributed by atoms with Gasteiger partial charge in [0.1, 0.15) is 11.6 Å². The van der Waals surface area contributed by atoms with Gasteiger partial charge in [-0.05, 0) is 43.2 Å². The summed E-state index contributed by atoms with van der Waals surface area (Å²) >= 11 is 5.87. The molecule has 0 aliphatic carbocycles. The minimum atomic E-state index is -0.696. The number of halogens is 2. The summed E-state index contributed by atoms with van der Waals surface area (Å²) in [4.78, 5) is 27.2. The average molecular weight is 562 g/mol. The molecule has 3 aliphatic rings. The minimum Gasteiger partial charge on any atom is -0.493 e. The Morgan fingerprint density at radius 1 is 1.05 bits per heavy atom. The molecule has 0 bridgehead atoms. The number of likely N-dealkylation sites (tertiary alicyclic amines) is 2. The van der Waals surface area contributed by atoms with Gasteiger partial charge in [-0.1, -0.05) is 17.7 Å². The van der Waals surface area contributed by atoms with Crippen molar-refractivity contribution in [2.45, 2.75) is 44.3 Å². The molecule has 1 aromatic carbocycles. The van der Waals surface area contributed by atoms with Crippen molar-refractivity contribution in [3.8, 4) is 5.75 Å². The van der Waals surface area contributed by atoms with E-state index in [2.05, 4.69) is 14.9 Å². The molecule has 39 heavy (non-hydrogen) atoms. The van der Waals surface area contributed by atoms with Crippen LogP contribution in [0.25, 0.3) is 0 Å². The third-order valence-electron chi connectivity index (χ3n) is 8.06. The van der Waals surface area contributed by atoms with Crippen molar-refractivity contribution in [2.75, 3.05) is 57.3 Å². The van der Waals surface area contributed by atoms with Gasteiger partial charge < -0.3 is 24.7 Å². The molecule has 3 saturated heterocycles. The van der Waals surface area contributed by atoms with Gasteiger partial charge in [-0.3, -0.25) is 9.69 Å². The van der Waals surface area contributed by atoms with Crippen LogP contribution in [0.2, 0.25) is 5.02 Å². The summed E-state index contributed by atoms with van der Waals surface area (Å²) in [7, 11) is 0. The van der Waals surface area contributed by atoms with Crippen molar-refractivity contribution in [1.29, 1.82) is 0 Å². The lowest BCUT2D eigenvalue weighted by Crippen LogP contribution is -2.54. The molecular formula is C28H37ClFN5O4. The zero-order chi connectivity index (χ0) is 27.4. The third kappa shape index (κ3) is 7.36. The molecule has 0 saturated carbocycles. The van der Waals surface area contributed by atoms with Crippen LogP contribution in [-0.2, 0) is 11.2 Å². The van der Waals surface area contributed by atoms with Crippen LogP contribution in [0.5, 0.6) is 5.75 Å². The number of rotatable bonds is 10. The van der Waals surface area contributed by atoms with Crippen molar-refractivity contribution in [3.05, 3.63) is 47.0 Å². The number of β-amino-alcohol motifs (C(OH)–C–C–N with tert-alkyl or cyclic N) is 2. The number of aromatic nitrogens is 2. The van der Waals surface area contributed by atoms with Crippen LogP contribution in [0.1, 0.15) is 31.2 Å². The van der Waals surface area contributed by atoms with E-state index >= 15 is 0 Å². The number of amides is 1. The first-order valence-corrected chi connectivity index (χ1v) is 14.2. The van der Waals surface area contributed by atoms with Crippen LogP contribution in [0.15, 0.2) is 30.6 Å².